The minimum absolute atomic E-state index is 0.207. The van der Waals surface area contributed by atoms with Gasteiger partial charge in [-0.1, -0.05) is 39.3 Å². The molecule has 0 radical (unpaired) electrons. The Kier molecular flexibility index (Phi) is 5.82. The number of halogens is 1. The van der Waals surface area contributed by atoms with Gasteiger partial charge in [0.1, 0.15) is 11.6 Å². The molecule has 1 aliphatic rings. The fraction of sp³-hybridized carbons (Fsp3) is 0.318. The Labute approximate surface area is 195 Å². The Morgan fingerprint density at radius 3 is 2.64 bits per heavy atom. The lowest BCUT2D eigenvalue weighted by molar-refractivity contribution is -0.117. The molecule has 1 amide bonds. The molecule has 168 valence electrons. The average molecular weight is 464 g/mol. The zero-order chi connectivity index (χ0) is 23.8. The predicted octanol–water partition coefficient (Wildman–Crippen LogP) is 3.66. The topological polar surface area (TPSA) is 127 Å². The number of hydrogen-bond acceptors (Lipinski definition) is 7. The van der Waals surface area contributed by atoms with E-state index in [1.54, 1.807) is 22.8 Å². The van der Waals surface area contributed by atoms with Gasteiger partial charge in [0.25, 0.3) is 0 Å². The first-order valence-corrected chi connectivity index (χ1v) is 10.9. The zero-order valence-electron chi connectivity index (χ0n) is 18.6. The summed E-state index contributed by atoms with van der Waals surface area (Å²) in [5, 5.41) is 25.1. The first-order valence-electron chi connectivity index (χ1n) is 10.5. The van der Waals surface area contributed by atoms with E-state index >= 15 is 0 Å². The first kappa shape index (κ1) is 22.4. The summed E-state index contributed by atoms with van der Waals surface area (Å²) in [5.74, 6) is -0.343. The second-order valence-corrected chi connectivity index (χ2v) is 8.34. The van der Waals surface area contributed by atoms with Crippen molar-refractivity contribution in [2.75, 3.05) is 5.32 Å². The minimum atomic E-state index is -0.428. The summed E-state index contributed by atoms with van der Waals surface area (Å²) in [6, 6.07) is 5.32. The van der Waals surface area contributed by atoms with E-state index in [2.05, 4.69) is 50.5 Å². The van der Waals surface area contributed by atoms with Crippen molar-refractivity contribution < 1.29 is 4.79 Å². The van der Waals surface area contributed by atoms with Crippen molar-refractivity contribution in [3.8, 4) is 11.9 Å². The highest BCUT2D eigenvalue weighted by Crippen LogP contribution is 2.46. The lowest BCUT2D eigenvalue weighted by atomic mass is 9.88. The maximum atomic E-state index is 13.2. The summed E-state index contributed by atoms with van der Waals surface area (Å²) in [5.41, 5.74) is 2.72. The Bertz CT molecular complexity index is 1370. The minimum Gasteiger partial charge on any atom is -0.324 e. The number of rotatable bonds is 3. The van der Waals surface area contributed by atoms with Gasteiger partial charge < -0.3 is 5.32 Å². The number of nitrogens with zero attached hydrogens (tertiary/aromatic N) is 8. The lowest BCUT2D eigenvalue weighted by Gasteiger charge is -2.19. The van der Waals surface area contributed by atoms with Gasteiger partial charge in [0.2, 0.25) is 5.91 Å². The molecule has 0 aromatic carbocycles. The van der Waals surface area contributed by atoms with Gasteiger partial charge in [-0.25, -0.2) is 14.5 Å². The van der Waals surface area contributed by atoms with Crippen molar-refractivity contribution in [3.05, 3.63) is 58.9 Å². The lowest BCUT2D eigenvalue weighted by Crippen LogP contribution is -2.22. The van der Waals surface area contributed by atoms with Crippen molar-refractivity contribution in [1.82, 2.24) is 34.6 Å². The van der Waals surface area contributed by atoms with Gasteiger partial charge in [-0.3, -0.25) is 4.79 Å². The third-order valence-corrected chi connectivity index (χ3v) is 5.58. The normalized spacial score (nSPS) is 15.9. The van der Waals surface area contributed by atoms with E-state index < -0.39 is 5.92 Å². The van der Waals surface area contributed by atoms with Crippen LogP contribution in [0.2, 0.25) is 5.15 Å². The summed E-state index contributed by atoms with van der Waals surface area (Å²) in [7, 11) is 0. The van der Waals surface area contributed by atoms with Gasteiger partial charge in [0.15, 0.2) is 16.6 Å². The van der Waals surface area contributed by atoms with Crippen LogP contribution in [0.5, 0.6) is 0 Å². The summed E-state index contributed by atoms with van der Waals surface area (Å²) in [4.78, 5) is 23.1. The second kappa shape index (κ2) is 8.60. The van der Waals surface area contributed by atoms with Crippen molar-refractivity contribution >= 4 is 28.8 Å². The third-order valence-electron chi connectivity index (χ3n) is 5.39. The number of pyridine rings is 1. The number of nitriles is 1. The molecule has 0 bridgehead atoms. The molecule has 33 heavy (non-hydrogen) atoms. The SMILES string of the molecule is CC.CC1(C)CC(C(=O)Nc2cnc(-n3nccn3)c(C#N)c2)c2cnc3cc(Cl)nn3c21. The highest BCUT2D eigenvalue weighted by atomic mass is 35.5. The smallest absolute Gasteiger partial charge is 0.232 e. The Balaban J connectivity index is 0.00000126. The number of carbonyl (C=O) groups is 1. The number of aromatic nitrogens is 7. The molecule has 0 spiro atoms. The number of anilines is 1. The Morgan fingerprint density at radius 2 is 1.94 bits per heavy atom. The van der Waals surface area contributed by atoms with E-state index in [0.717, 1.165) is 11.3 Å². The van der Waals surface area contributed by atoms with Crippen molar-refractivity contribution in [2.45, 2.75) is 45.4 Å². The fourth-order valence-electron chi connectivity index (χ4n) is 4.12. The fourth-order valence-corrected chi connectivity index (χ4v) is 4.30. The number of amides is 1. The highest BCUT2D eigenvalue weighted by Gasteiger charge is 2.43. The molecule has 1 aliphatic carbocycles. The van der Waals surface area contributed by atoms with Crippen LogP contribution in [0.1, 0.15) is 56.9 Å². The van der Waals surface area contributed by atoms with Gasteiger partial charge in [0.05, 0.1) is 35.9 Å². The molecule has 5 rings (SSSR count). The van der Waals surface area contributed by atoms with Crippen LogP contribution in [-0.2, 0) is 10.2 Å². The number of nitrogens with one attached hydrogen (secondary N) is 1. The molecule has 1 N–H and O–H groups in total. The van der Waals surface area contributed by atoms with Crippen molar-refractivity contribution in [3.63, 3.8) is 0 Å². The van der Waals surface area contributed by atoms with Crippen LogP contribution in [0.3, 0.4) is 0 Å². The Hall–Kier alpha value is -3.84. The average Bonchev–Trinajstić information content (AvgIpc) is 3.52. The van der Waals surface area contributed by atoms with E-state index in [1.807, 2.05) is 13.8 Å². The maximum Gasteiger partial charge on any atom is 0.232 e. The molecule has 1 atom stereocenters. The largest absolute Gasteiger partial charge is 0.324 e. The zero-order valence-corrected chi connectivity index (χ0v) is 19.4. The predicted molar refractivity (Wildman–Crippen MR) is 122 cm³/mol. The molecule has 4 aromatic heterocycles. The van der Waals surface area contributed by atoms with Gasteiger partial charge in [0, 0.05) is 23.2 Å². The molecule has 10 nitrogen and oxygen atoms in total. The summed E-state index contributed by atoms with van der Waals surface area (Å²) >= 11 is 6.07. The van der Waals surface area contributed by atoms with Gasteiger partial charge in [-0.2, -0.15) is 20.6 Å². The van der Waals surface area contributed by atoms with E-state index in [-0.39, 0.29) is 16.9 Å². The van der Waals surface area contributed by atoms with E-state index in [0.29, 0.717) is 28.7 Å². The molecule has 4 aromatic rings. The summed E-state index contributed by atoms with van der Waals surface area (Å²) < 4.78 is 1.71. The van der Waals surface area contributed by atoms with Gasteiger partial charge >= 0.3 is 0 Å². The molecule has 0 fully saturated rings. The van der Waals surface area contributed by atoms with Crippen LogP contribution in [-0.4, -0.2) is 40.5 Å². The number of hydrogen-bond donors (Lipinski definition) is 1. The van der Waals surface area contributed by atoms with Crippen molar-refractivity contribution in [2.24, 2.45) is 0 Å². The maximum absolute atomic E-state index is 13.2. The van der Waals surface area contributed by atoms with Crippen LogP contribution < -0.4 is 5.32 Å². The second-order valence-electron chi connectivity index (χ2n) is 7.95. The van der Waals surface area contributed by atoms with Gasteiger partial charge in [-0.05, 0) is 12.5 Å². The highest BCUT2D eigenvalue weighted by molar-refractivity contribution is 6.29. The van der Waals surface area contributed by atoms with Gasteiger partial charge in [-0.15, -0.1) is 4.80 Å². The summed E-state index contributed by atoms with van der Waals surface area (Å²) in [6.07, 6.45) is 6.77. The van der Waals surface area contributed by atoms with Crippen LogP contribution in [0, 0.1) is 11.3 Å². The summed E-state index contributed by atoms with van der Waals surface area (Å²) in [6.45, 7) is 8.13. The molecular formula is C22H22ClN9O. The van der Waals surface area contributed by atoms with Crippen LogP contribution in [0.4, 0.5) is 5.69 Å². The molecule has 0 saturated carbocycles. The quantitative estimate of drug-likeness (QED) is 0.491. The monoisotopic (exact) mass is 463 g/mol. The molecule has 4 heterocycles. The molecule has 11 heteroatoms. The number of fused-ring (bicyclic) bond motifs is 3. The van der Waals surface area contributed by atoms with E-state index in [4.69, 9.17) is 11.6 Å². The van der Waals surface area contributed by atoms with Crippen LogP contribution >= 0.6 is 11.6 Å². The molecular weight excluding hydrogens is 442 g/mol. The third kappa shape index (κ3) is 3.91. The van der Waals surface area contributed by atoms with E-state index in [1.165, 1.54) is 23.4 Å². The Morgan fingerprint density at radius 1 is 1.21 bits per heavy atom. The van der Waals surface area contributed by atoms with E-state index in [9.17, 15) is 10.1 Å². The molecule has 0 aliphatic heterocycles. The van der Waals surface area contributed by atoms with Crippen LogP contribution in [0.25, 0.3) is 11.5 Å². The first-order chi connectivity index (χ1) is 15.9. The van der Waals surface area contributed by atoms with Crippen LogP contribution in [0.15, 0.2) is 36.9 Å². The molecule has 1 unspecified atom stereocenters. The van der Waals surface area contributed by atoms with Crippen molar-refractivity contribution in [1.29, 1.82) is 5.26 Å². The number of carbonyl (C=O) groups excluding carboxylic acids is 1. The standard InChI is InChI=1S/C20H16ClN9O.C2H6/c1-20(2)7-13(14-10-23-16-6-15(21)28-29(16)17(14)20)19(31)27-12-5-11(8-22)18(24-9-12)30-25-3-4-26-30;1-2/h3-6,9-10,13H,7H2,1-2H3,(H,27,31);1-2H3. The molecule has 0 saturated heterocycles.